The van der Waals surface area contributed by atoms with Crippen LogP contribution in [0.2, 0.25) is 0 Å². The minimum absolute atomic E-state index is 0.0216. The van der Waals surface area contributed by atoms with Crippen molar-refractivity contribution in [2.24, 2.45) is 5.73 Å². The monoisotopic (exact) mass is 221 g/mol. The average Bonchev–Trinajstić information content (AvgIpc) is 1.99. The van der Waals surface area contributed by atoms with Crippen LogP contribution in [-0.4, -0.2) is 37.2 Å². The third kappa shape index (κ3) is 3.94. The van der Waals surface area contributed by atoms with E-state index in [-0.39, 0.29) is 11.8 Å². The summed E-state index contributed by atoms with van der Waals surface area (Å²) in [7, 11) is -2.98. The van der Waals surface area contributed by atoms with Crippen LogP contribution in [0.3, 0.4) is 0 Å². The van der Waals surface area contributed by atoms with Crippen LogP contribution in [0.5, 0.6) is 0 Å². The predicted octanol–water partition coefficient (Wildman–Crippen LogP) is 0.0535. The van der Waals surface area contributed by atoms with Crippen LogP contribution in [0.4, 0.5) is 0 Å². The van der Waals surface area contributed by atoms with Crippen molar-refractivity contribution in [2.75, 3.05) is 12.0 Å². The second kappa shape index (κ2) is 4.16. The van der Waals surface area contributed by atoms with Crippen molar-refractivity contribution in [3.63, 3.8) is 0 Å². The van der Waals surface area contributed by atoms with E-state index >= 15 is 0 Å². The lowest BCUT2D eigenvalue weighted by Gasteiger charge is -2.35. The van der Waals surface area contributed by atoms with Crippen LogP contribution in [0.15, 0.2) is 0 Å². The molecule has 14 heavy (non-hydrogen) atoms. The van der Waals surface area contributed by atoms with E-state index in [1.54, 1.807) is 0 Å². The molecule has 3 N–H and O–H groups in total. The molecular weight excluding hydrogens is 202 g/mol. The van der Waals surface area contributed by atoms with E-state index in [1.807, 2.05) is 0 Å². The van der Waals surface area contributed by atoms with Gasteiger partial charge in [-0.1, -0.05) is 0 Å². The summed E-state index contributed by atoms with van der Waals surface area (Å²) in [4.78, 5) is 0. The summed E-state index contributed by atoms with van der Waals surface area (Å²) < 4.78 is 21.9. The Morgan fingerprint density at radius 3 is 2.71 bits per heavy atom. The molecule has 0 aromatic rings. The van der Waals surface area contributed by atoms with Crippen LogP contribution in [-0.2, 0) is 9.84 Å². The molecule has 0 aromatic heterocycles. The lowest BCUT2D eigenvalue weighted by molar-refractivity contribution is -0.00492. The van der Waals surface area contributed by atoms with Gasteiger partial charge in [0.1, 0.15) is 9.84 Å². The van der Waals surface area contributed by atoms with E-state index in [0.29, 0.717) is 19.3 Å². The van der Waals surface area contributed by atoms with Gasteiger partial charge in [0.2, 0.25) is 0 Å². The first-order valence-corrected chi connectivity index (χ1v) is 7.02. The highest BCUT2D eigenvalue weighted by Crippen LogP contribution is 2.30. The molecule has 0 radical (unpaired) electrons. The van der Waals surface area contributed by atoms with Gasteiger partial charge in [0.15, 0.2) is 0 Å². The maximum Gasteiger partial charge on any atom is 0.147 e. The summed E-state index contributed by atoms with van der Waals surface area (Å²) in [5.74, 6) is 0.0518. The highest BCUT2D eigenvalue weighted by Gasteiger charge is 2.33. The molecule has 2 unspecified atom stereocenters. The second-order valence-electron chi connectivity index (χ2n) is 4.46. The van der Waals surface area contributed by atoms with Crippen molar-refractivity contribution in [3.8, 4) is 0 Å². The van der Waals surface area contributed by atoms with Crippen LogP contribution < -0.4 is 5.73 Å². The van der Waals surface area contributed by atoms with Gasteiger partial charge >= 0.3 is 0 Å². The van der Waals surface area contributed by atoms with Crippen molar-refractivity contribution < 1.29 is 13.5 Å². The van der Waals surface area contributed by atoms with Gasteiger partial charge in [0.25, 0.3) is 0 Å². The first-order chi connectivity index (χ1) is 6.31. The molecule has 0 heterocycles. The van der Waals surface area contributed by atoms with Crippen LogP contribution in [0.25, 0.3) is 0 Å². The van der Waals surface area contributed by atoms with Gasteiger partial charge in [-0.15, -0.1) is 0 Å². The molecule has 84 valence electrons. The molecule has 0 saturated heterocycles. The molecule has 1 rings (SSSR count). The minimum atomic E-state index is -2.98. The molecule has 1 aliphatic rings. The second-order valence-corrected chi connectivity index (χ2v) is 6.72. The maximum atomic E-state index is 11.0. The molecule has 0 amide bonds. The van der Waals surface area contributed by atoms with Gasteiger partial charge in [-0.25, -0.2) is 8.42 Å². The van der Waals surface area contributed by atoms with E-state index in [2.05, 4.69) is 0 Å². The van der Waals surface area contributed by atoms with Crippen LogP contribution >= 0.6 is 0 Å². The highest BCUT2D eigenvalue weighted by molar-refractivity contribution is 7.90. The van der Waals surface area contributed by atoms with E-state index in [1.165, 1.54) is 6.26 Å². The molecule has 1 aliphatic carbocycles. The largest absolute Gasteiger partial charge is 0.390 e. The van der Waals surface area contributed by atoms with Crippen LogP contribution in [0.1, 0.15) is 32.1 Å². The van der Waals surface area contributed by atoms with Gasteiger partial charge < -0.3 is 10.8 Å². The van der Waals surface area contributed by atoms with Gasteiger partial charge in [-0.3, -0.25) is 0 Å². The number of aliphatic hydroxyl groups is 1. The smallest absolute Gasteiger partial charge is 0.147 e. The summed E-state index contributed by atoms with van der Waals surface area (Å²) in [5, 5.41) is 10.1. The fourth-order valence-corrected chi connectivity index (χ4v) is 2.74. The van der Waals surface area contributed by atoms with E-state index in [0.717, 1.165) is 12.8 Å². The molecule has 1 saturated carbocycles. The Kier molecular flexibility index (Phi) is 3.55. The molecule has 0 spiro atoms. The van der Waals surface area contributed by atoms with Gasteiger partial charge in [0, 0.05) is 12.3 Å². The van der Waals surface area contributed by atoms with Crippen molar-refractivity contribution in [3.05, 3.63) is 0 Å². The van der Waals surface area contributed by atoms with Gasteiger partial charge in [-0.2, -0.15) is 0 Å². The van der Waals surface area contributed by atoms with Gasteiger partial charge in [-0.05, 0) is 32.1 Å². The lowest BCUT2D eigenvalue weighted by Crippen LogP contribution is -2.42. The summed E-state index contributed by atoms with van der Waals surface area (Å²) in [6, 6.07) is 0.0216. The Morgan fingerprint density at radius 1 is 1.57 bits per heavy atom. The summed E-state index contributed by atoms with van der Waals surface area (Å²) in [6.07, 6.45) is 4.54. The first kappa shape index (κ1) is 11.9. The number of nitrogens with two attached hydrogens (primary N) is 1. The average molecular weight is 221 g/mol. The van der Waals surface area contributed by atoms with Crippen LogP contribution in [0, 0.1) is 0 Å². The number of hydrogen-bond acceptors (Lipinski definition) is 4. The Labute approximate surface area is 85.4 Å². The normalized spacial score (nSPS) is 34.4. The third-order valence-electron chi connectivity index (χ3n) is 2.80. The summed E-state index contributed by atoms with van der Waals surface area (Å²) in [6.45, 7) is 0. The molecule has 5 heteroatoms. The minimum Gasteiger partial charge on any atom is -0.390 e. The Balaban J connectivity index is 2.49. The number of sulfone groups is 1. The first-order valence-electron chi connectivity index (χ1n) is 4.96. The van der Waals surface area contributed by atoms with Crippen molar-refractivity contribution in [1.82, 2.24) is 0 Å². The lowest BCUT2D eigenvalue weighted by atomic mass is 9.80. The standard InChI is InChI=1S/C9H19NO3S/c1-14(12,13)6-5-9(11)4-2-3-8(10)7-9/h8,11H,2-7,10H2,1H3. The van der Waals surface area contributed by atoms with E-state index in [9.17, 15) is 13.5 Å². The van der Waals surface area contributed by atoms with E-state index < -0.39 is 15.4 Å². The SMILES string of the molecule is CS(=O)(=O)CCC1(O)CCCC(N)C1. The Hall–Kier alpha value is -0.130. The van der Waals surface area contributed by atoms with Crippen molar-refractivity contribution >= 4 is 9.84 Å². The Morgan fingerprint density at radius 2 is 2.21 bits per heavy atom. The maximum absolute atomic E-state index is 11.0. The zero-order chi connectivity index (χ0) is 10.8. The van der Waals surface area contributed by atoms with Crippen molar-refractivity contribution in [1.29, 1.82) is 0 Å². The molecule has 4 nitrogen and oxygen atoms in total. The predicted molar refractivity (Wildman–Crippen MR) is 55.7 cm³/mol. The molecule has 1 fully saturated rings. The molecule has 0 bridgehead atoms. The fraction of sp³-hybridized carbons (Fsp3) is 1.00. The topological polar surface area (TPSA) is 80.4 Å². The zero-order valence-corrected chi connectivity index (χ0v) is 9.39. The summed E-state index contributed by atoms with van der Waals surface area (Å²) >= 11 is 0. The van der Waals surface area contributed by atoms with Gasteiger partial charge in [0.05, 0.1) is 11.4 Å². The molecular formula is C9H19NO3S. The van der Waals surface area contributed by atoms with Crippen molar-refractivity contribution in [2.45, 2.75) is 43.7 Å². The number of hydrogen-bond donors (Lipinski definition) is 2. The van der Waals surface area contributed by atoms with E-state index in [4.69, 9.17) is 5.73 Å². The third-order valence-corrected chi connectivity index (χ3v) is 3.74. The summed E-state index contributed by atoms with van der Waals surface area (Å²) in [5.41, 5.74) is 4.89. The molecule has 2 atom stereocenters. The Bertz CT molecular complexity index is 288. The zero-order valence-electron chi connectivity index (χ0n) is 8.57. The highest BCUT2D eigenvalue weighted by atomic mass is 32.2. The fourth-order valence-electron chi connectivity index (χ4n) is 1.99. The molecule has 0 aliphatic heterocycles. The quantitative estimate of drug-likeness (QED) is 0.706. The number of rotatable bonds is 3. The molecule has 0 aromatic carbocycles.